The Balaban J connectivity index is 2.49. The third-order valence-electron chi connectivity index (χ3n) is 5.24. The normalized spacial score (nSPS) is 26.4. The summed E-state index contributed by atoms with van der Waals surface area (Å²) in [5.74, 6) is 0.596. The summed E-state index contributed by atoms with van der Waals surface area (Å²) in [4.78, 5) is 24.2. The van der Waals surface area contributed by atoms with Gasteiger partial charge in [-0.05, 0) is 44.4 Å². The summed E-state index contributed by atoms with van der Waals surface area (Å²) in [7, 11) is 0. The fourth-order valence-electron chi connectivity index (χ4n) is 2.91. The van der Waals surface area contributed by atoms with Crippen molar-refractivity contribution in [2.75, 3.05) is 0 Å². The largest absolute Gasteiger partial charge is 0.354 e. The number of carbonyl (C=O) groups excluding carboxylic acids is 2. The third-order valence-corrected chi connectivity index (χ3v) is 5.24. The van der Waals surface area contributed by atoms with Gasteiger partial charge < -0.3 is 10.6 Å². The number of hydrogen-bond donors (Lipinski definition) is 2. The number of amides is 2. The van der Waals surface area contributed by atoms with Crippen LogP contribution in [-0.2, 0) is 9.59 Å². The van der Waals surface area contributed by atoms with Gasteiger partial charge in [-0.2, -0.15) is 0 Å². The van der Waals surface area contributed by atoms with Crippen molar-refractivity contribution in [2.45, 2.75) is 79.3 Å². The maximum atomic E-state index is 12.3. The number of nitrogens with one attached hydrogen (secondary N) is 2. The molecule has 0 heterocycles. The lowest BCUT2D eigenvalue weighted by Crippen LogP contribution is -2.54. The molecule has 0 unspecified atom stereocenters. The SMILES string of the molecule is CC[C@H](C)NC(=O)C[C@@H]1C[C@H](C(=O)N[C@@H](C)CC)C1(C)C. The highest BCUT2D eigenvalue weighted by molar-refractivity contribution is 5.82. The Morgan fingerprint density at radius 3 is 2.10 bits per heavy atom. The fraction of sp³-hybridized carbons (Fsp3) is 0.882. The van der Waals surface area contributed by atoms with E-state index in [1.54, 1.807) is 0 Å². The number of carbonyl (C=O) groups is 2. The zero-order chi connectivity index (χ0) is 16.2. The van der Waals surface area contributed by atoms with Crippen molar-refractivity contribution in [1.82, 2.24) is 10.6 Å². The fourth-order valence-corrected chi connectivity index (χ4v) is 2.91. The van der Waals surface area contributed by atoms with Gasteiger partial charge in [0.1, 0.15) is 0 Å². The van der Waals surface area contributed by atoms with Crippen LogP contribution in [0.3, 0.4) is 0 Å². The second kappa shape index (κ2) is 7.28. The van der Waals surface area contributed by atoms with Gasteiger partial charge in [0.15, 0.2) is 0 Å². The Hall–Kier alpha value is -1.06. The van der Waals surface area contributed by atoms with Gasteiger partial charge in [0.05, 0.1) is 0 Å². The van der Waals surface area contributed by atoms with Crippen LogP contribution < -0.4 is 10.6 Å². The summed E-state index contributed by atoms with van der Waals surface area (Å²) in [6.45, 7) is 12.4. The Morgan fingerprint density at radius 1 is 1.10 bits per heavy atom. The average molecular weight is 296 g/mol. The summed E-state index contributed by atoms with van der Waals surface area (Å²) < 4.78 is 0. The van der Waals surface area contributed by atoms with E-state index in [1.165, 1.54) is 0 Å². The maximum Gasteiger partial charge on any atom is 0.223 e. The molecule has 1 aliphatic carbocycles. The van der Waals surface area contributed by atoms with Crippen molar-refractivity contribution in [3.05, 3.63) is 0 Å². The van der Waals surface area contributed by atoms with E-state index in [9.17, 15) is 9.59 Å². The Kier molecular flexibility index (Phi) is 6.24. The van der Waals surface area contributed by atoms with E-state index in [-0.39, 0.29) is 35.2 Å². The zero-order valence-corrected chi connectivity index (χ0v) is 14.5. The van der Waals surface area contributed by atoms with Crippen LogP contribution in [0, 0.1) is 17.3 Å². The van der Waals surface area contributed by atoms with E-state index in [0.29, 0.717) is 12.3 Å². The molecular weight excluding hydrogens is 264 g/mol. The average Bonchev–Trinajstić information content (AvgIpc) is 2.42. The molecule has 0 saturated heterocycles. The Morgan fingerprint density at radius 2 is 1.62 bits per heavy atom. The van der Waals surface area contributed by atoms with E-state index in [0.717, 1.165) is 19.3 Å². The second-order valence-electron chi connectivity index (χ2n) is 7.21. The topological polar surface area (TPSA) is 58.2 Å². The molecule has 1 saturated carbocycles. The summed E-state index contributed by atoms with van der Waals surface area (Å²) >= 11 is 0. The molecule has 21 heavy (non-hydrogen) atoms. The van der Waals surface area contributed by atoms with Gasteiger partial charge in [-0.25, -0.2) is 0 Å². The first kappa shape index (κ1) is 18.0. The highest BCUT2D eigenvalue weighted by Crippen LogP contribution is 2.52. The summed E-state index contributed by atoms with van der Waals surface area (Å²) in [6.07, 6.45) is 3.24. The predicted molar refractivity (Wildman–Crippen MR) is 85.8 cm³/mol. The molecule has 4 heteroatoms. The zero-order valence-electron chi connectivity index (χ0n) is 14.5. The lowest BCUT2D eigenvalue weighted by molar-refractivity contribution is -0.145. The lowest BCUT2D eigenvalue weighted by atomic mass is 9.53. The molecule has 0 aromatic carbocycles. The standard InChI is InChI=1S/C17H32N2O2/c1-7-11(3)18-15(20)10-13-9-14(17(13,5)6)16(21)19-12(4)8-2/h11-14H,7-10H2,1-6H3,(H,18,20)(H,19,21)/t11-,12-,13-,14+/m0/s1. The van der Waals surface area contributed by atoms with E-state index in [4.69, 9.17) is 0 Å². The molecule has 0 spiro atoms. The van der Waals surface area contributed by atoms with Gasteiger partial charge in [0.2, 0.25) is 11.8 Å². The molecule has 0 aromatic rings. The second-order valence-corrected chi connectivity index (χ2v) is 7.21. The van der Waals surface area contributed by atoms with Gasteiger partial charge in [-0.15, -0.1) is 0 Å². The summed E-state index contributed by atoms with van der Waals surface area (Å²) in [5, 5.41) is 6.08. The molecule has 1 fully saturated rings. The minimum atomic E-state index is -0.0929. The molecule has 4 nitrogen and oxygen atoms in total. The molecule has 1 aliphatic rings. The lowest BCUT2D eigenvalue weighted by Gasteiger charge is -2.51. The maximum absolute atomic E-state index is 12.3. The molecular formula is C17H32N2O2. The molecule has 4 atom stereocenters. The van der Waals surface area contributed by atoms with Crippen LogP contribution in [0.2, 0.25) is 0 Å². The van der Waals surface area contributed by atoms with Crippen molar-refractivity contribution < 1.29 is 9.59 Å². The summed E-state index contributed by atoms with van der Waals surface area (Å²) in [5.41, 5.74) is -0.0929. The van der Waals surface area contributed by atoms with Crippen LogP contribution in [0.4, 0.5) is 0 Å². The molecule has 0 bridgehead atoms. The van der Waals surface area contributed by atoms with Crippen LogP contribution in [0.5, 0.6) is 0 Å². The van der Waals surface area contributed by atoms with Crippen molar-refractivity contribution in [3.8, 4) is 0 Å². The Bertz CT molecular complexity index is 379. The van der Waals surface area contributed by atoms with E-state index in [1.807, 2.05) is 13.8 Å². The van der Waals surface area contributed by atoms with Gasteiger partial charge in [-0.3, -0.25) is 9.59 Å². The molecule has 122 valence electrons. The molecule has 2 N–H and O–H groups in total. The van der Waals surface area contributed by atoms with Crippen molar-refractivity contribution in [1.29, 1.82) is 0 Å². The smallest absolute Gasteiger partial charge is 0.223 e. The molecule has 1 rings (SSSR count). The van der Waals surface area contributed by atoms with Crippen LogP contribution in [-0.4, -0.2) is 23.9 Å². The Labute approximate surface area is 129 Å². The minimum absolute atomic E-state index is 0.0351. The van der Waals surface area contributed by atoms with Gasteiger partial charge in [0, 0.05) is 24.4 Å². The quantitative estimate of drug-likeness (QED) is 0.759. The van der Waals surface area contributed by atoms with E-state index < -0.39 is 0 Å². The van der Waals surface area contributed by atoms with Crippen LogP contribution >= 0.6 is 0 Å². The van der Waals surface area contributed by atoms with Gasteiger partial charge in [0.25, 0.3) is 0 Å². The highest BCUT2D eigenvalue weighted by atomic mass is 16.2. The minimum Gasteiger partial charge on any atom is -0.354 e. The van der Waals surface area contributed by atoms with Gasteiger partial charge >= 0.3 is 0 Å². The van der Waals surface area contributed by atoms with E-state index in [2.05, 4.69) is 38.3 Å². The van der Waals surface area contributed by atoms with E-state index >= 15 is 0 Å². The summed E-state index contributed by atoms with van der Waals surface area (Å²) in [6, 6.07) is 0.450. The number of rotatable bonds is 7. The van der Waals surface area contributed by atoms with Crippen LogP contribution in [0.15, 0.2) is 0 Å². The van der Waals surface area contributed by atoms with Crippen LogP contribution in [0.25, 0.3) is 0 Å². The third kappa shape index (κ3) is 4.45. The molecule has 0 aromatic heterocycles. The number of hydrogen-bond acceptors (Lipinski definition) is 2. The molecule has 0 aliphatic heterocycles. The highest BCUT2D eigenvalue weighted by Gasteiger charge is 2.52. The first-order valence-electron chi connectivity index (χ1n) is 8.32. The first-order valence-corrected chi connectivity index (χ1v) is 8.32. The van der Waals surface area contributed by atoms with Gasteiger partial charge in [-0.1, -0.05) is 27.7 Å². The van der Waals surface area contributed by atoms with Crippen molar-refractivity contribution >= 4 is 11.8 Å². The molecule has 0 radical (unpaired) electrons. The predicted octanol–water partition coefficient (Wildman–Crippen LogP) is 2.87. The van der Waals surface area contributed by atoms with Crippen LogP contribution in [0.1, 0.15) is 67.2 Å². The molecule has 2 amide bonds. The monoisotopic (exact) mass is 296 g/mol. The van der Waals surface area contributed by atoms with Crippen molar-refractivity contribution in [2.24, 2.45) is 17.3 Å². The van der Waals surface area contributed by atoms with Crippen molar-refractivity contribution in [3.63, 3.8) is 0 Å². The first-order chi connectivity index (χ1) is 9.72.